The second-order valence-corrected chi connectivity index (χ2v) is 11.5. The Kier molecular flexibility index (Phi) is 7.11. The Morgan fingerprint density at radius 1 is 1.09 bits per heavy atom. The second kappa shape index (κ2) is 9.84. The Hall–Kier alpha value is -2.04. The van der Waals surface area contributed by atoms with Gasteiger partial charge in [0, 0.05) is 35.1 Å². The molecule has 0 aliphatic carbocycles. The maximum absolute atomic E-state index is 12.9. The summed E-state index contributed by atoms with van der Waals surface area (Å²) in [6.45, 7) is 5.58. The molecule has 3 heterocycles. The Bertz CT molecular complexity index is 1150. The van der Waals surface area contributed by atoms with Gasteiger partial charge in [0.05, 0.1) is 17.5 Å². The van der Waals surface area contributed by atoms with E-state index in [1.807, 2.05) is 19.9 Å². The monoisotopic (exact) mass is 489 g/mol. The predicted molar refractivity (Wildman–Crippen MR) is 131 cm³/mol. The van der Waals surface area contributed by atoms with Gasteiger partial charge in [0.15, 0.2) is 0 Å². The molecule has 2 aromatic heterocycles. The molecule has 1 N–H and O–H groups in total. The molecule has 6 nitrogen and oxygen atoms in total. The standard InChI is InChI=1S/C23H27N3O3S3/c1-3-26(4-2)32(28,29)18-9-7-17(8-10-18)24-22(27)16-25-13-11-20-19(12-15-31-20)23(25)21-6-5-14-30-21/h5-10,12,14-15,23H,3-4,11,13,16H2,1-2H3,(H,24,27). The number of carbonyl (C=O) groups is 1. The smallest absolute Gasteiger partial charge is 0.243 e. The third-order valence-electron chi connectivity index (χ3n) is 5.71. The lowest BCUT2D eigenvalue weighted by molar-refractivity contribution is -0.117. The Morgan fingerprint density at radius 2 is 1.84 bits per heavy atom. The molecule has 170 valence electrons. The van der Waals surface area contributed by atoms with Crippen molar-refractivity contribution in [3.05, 3.63) is 68.5 Å². The highest BCUT2D eigenvalue weighted by molar-refractivity contribution is 7.89. The number of nitrogens with zero attached hydrogens (tertiary/aromatic N) is 2. The van der Waals surface area contributed by atoms with Crippen LogP contribution in [0.3, 0.4) is 0 Å². The molecule has 0 fully saturated rings. The third-order valence-corrected chi connectivity index (χ3v) is 9.69. The van der Waals surface area contributed by atoms with Gasteiger partial charge in [-0.25, -0.2) is 8.42 Å². The first-order valence-electron chi connectivity index (χ1n) is 10.7. The molecule has 9 heteroatoms. The minimum atomic E-state index is -3.51. The summed E-state index contributed by atoms with van der Waals surface area (Å²) >= 11 is 3.49. The van der Waals surface area contributed by atoms with Crippen molar-refractivity contribution in [2.75, 3.05) is 31.5 Å². The van der Waals surface area contributed by atoms with Crippen molar-refractivity contribution in [3.8, 4) is 0 Å². The van der Waals surface area contributed by atoms with Crippen LogP contribution in [0.25, 0.3) is 0 Å². The van der Waals surface area contributed by atoms with Gasteiger partial charge in [-0.3, -0.25) is 9.69 Å². The fourth-order valence-corrected chi connectivity index (χ4v) is 7.36. The largest absolute Gasteiger partial charge is 0.325 e. The molecule has 0 spiro atoms. The Labute approximate surface area is 197 Å². The van der Waals surface area contributed by atoms with Crippen LogP contribution in [0.15, 0.2) is 58.1 Å². The van der Waals surface area contributed by atoms with Crippen LogP contribution in [-0.4, -0.2) is 49.7 Å². The minimum Gasteiger partial charge on any atom is -0.325 e. The maximum Gasteiger partial charge on any atom is 0.243 e. The van der Waals surface area contributed by atoms with E-state index in [0.717, 1.165) is 13.0 Å². The highest BCUT2D eigenvalue weighted by Crippen LogP contribution is 2.39. The van der Waals surface area contributed by atoms with Crippen LogP contribution in [0.2, 0.25) is 0 Å². The topological polar surface area (TPSA) is 69.7 Å². The van der Waals surface area contributed by atoms with E-state index in [4.69, 9.17) is 0 Å². The number of thiophene rings is 2. The van der Waals surface area contributed by atoms with E-state index in [1.54, 1.807) is 46.9 Å². The molecule has 1 aromatic carbocycles. The van der Waals surface area contributed by atoms with Gasteiger partial charge in [-0.05, 0) is 59.1 Å². The molecule has 4 rings (SSSR count). The third kappa shape index (κ3) is 4.67. The van der Waals surface area contributed by atoms with Crippen molar-refractivity contribution in [1.29, 1.82) is 0 Å². The van der Waals surface area contributed by atoms with Gasteiger partial charge in [-0.15, -0.1) is 22.7 Å². The highest BCUT2D eigenvalue weighted by atomic mass is 32.2. The highest BCUT2D eigenvalue weighted by Gasteiger charge is 2.31. The van der Waals surface area contributed by atoms with E-state index < -0.39 is 10.0 Å². The summed E-state index contributed by atoms with van der Waals surface area (Å²) in [6.07, 6.45) is 0.945. The van der Waals surface area contributed by atoms with Crippen LogP contribution in [0.4, 0.5) is 5.69 Å². The van der Waals surface area contributed by atoms with Crippen LogP contribution in [0.5, 0.6) is 0 Å². The zero-order valence-electron chi connectivity index (χ0n) is 18.2. The maximum atomic E-state index is 12.9. The van der Waals surface area contributed by atoms with Crippen LogP contribution in [0, 0.1) is 0 Å². The molecule has 1 amide bonds. The first-order chi connectivity index (χ1) is 15.4. The van der Waals surface area contributed by atoms with Gasteiger partial charge in [-0.2, -0.15) is 4.31 Å². The Morgan fingerprint density at radius 3 is 2.50 bits per heavy atom. The van der Waals surface area contributed by atoms with Crippen molar-refractivity contribution in [2.45, 2.75) is 31.2 Å². The average molecular weight is 490 g/mol. The number of hydrogen-bond donors (Lipinski definition) is 1. The summed E-state index contributed by atoms with van der Waals surface area (Å²) in [5.74, 6) is -0.107. The summed E-state index contributed by atoms with van der Waals surface area (Å²) in [7, 11) is -3.51. The number of anilines is 1. The van der Waals surface area contributed by atoms with Crippen molar-refractivity contribution in [3.63, 3.8) is 0 Å². The molecule has 0 saturated heterocycles. The summed E-state index contributed by atoms with van der Waals surface area (Å²) < 4.78 is 26.7. The molecule has 1 unspecified atom stereocenters. The molecule has 0 bridgehead atoms. The number of hydrogen-bond acceptors (Lipinski definition) is 6. The lowest BCUT2D eigenvalue weighted by atomic mass is 9.98. The molecular weight excluding hydrogens is 462 g/mol. The summed E-state index contributed by atoms with van der Waals surface area (Å²) in [5.41, 5.74) is 1.89. The molecule has 32 heavy (non-hydrogen) atoms. The normalized spacial score (nSPS) is 16.8. The molecule has 0 radical (unpaired) electrons. The van der Waals surface area contributed by atoms with Crippen LogP contribution >= 0.6 is 22.7 Å². The number of fused-ring (bicyclic) bond motifs is 1. The van der Waals surface area contributed by atoms with E-state index in [9.17, 15) is 13.2 Å². The lowest BCUT2D eigenvalue weighted by Gasteiger charge is -2.34. The lowest BCUT2D eigenvalue weighted by Crippen LogP contribution is -2.40. The quantitative estimate of drug-likeness (QED) is 0.508. The summed E-state index contributed by atoms with van der Waals surface area (Å²) in [4.78, 5) is 17.9. The number of amides is 1. The van der Waals surface area contributed by atoms with Gasteiger partial charge >= 0.3 is 0 Å². The number of carbonyl (C=O) groups excluding carboxylic acids is 1. The predicted octanol–water partition coefficient (Wildman–Crippen LogP) is 4.43. The fraction of sp³-hybridized carbons (Fsp3) is 0.348. The summed E-state index contributed by atoms with van der Waals surface area (Å²) in [6, 6.07) is 12.8. The molecule has 0 saturated carbocycles. The first kappa shape index (κ1) is 23.1. The second-order valence-electron chi connectivity index (χ2n) is 7.60. The van der Waals surface area contributed by atoms with Crippen molar-refractivity contribution in [2.24, 2.45) is 0 Å². The van der Waals surface area contributed by atoms with E-state index in [-0.39, 0.29) is 23.4 Å². The zero-order valence-corrected chi connectivity index (χ0v) is 20.6. The molecular formula is C23H27N3O3S3. The van der Waals surface area contributed by atoms with Gasteiger partial charge in [0.25, 0.3) is 0 Å². The number of nitrogens with one attached hydrogen (secondary N) is 1. The average Bonchev–Trinajstić information content (AvgIpc) is 3.47. The van der Waals surface area contributed by atoms with Gasteiger partial charge in [0.1, 0.15) is 0 Å². The SMILES string of the molecule is CCN(CC)S(=O)(=O)c1ccc(NC(=O)CN2CCc3sccc3C2c2cccs2)cc1. The first-order valence-corrected chi connectivity index (χ1v) is 13.9. The van der Waals surface area contributed by atoms with Crippen LogP contribution in [-0.2, 0) is 21.2 Å². The molecule has 1 aliphatic heterocycles. The van der Waals surface area contributed by atoms with Crippen LogP contribution in [0.1, 0.15) is 35.2 Å². The summed E-state index contributed by atoms with van der Waals surface area (Å²) in [5, 5.41) is 7.12. The van der Waals surface area contributed by atoms with E-state index in [2.05, 4.69) is 33.1 Å². The van der Waals surface area contributed by atoms with Crippen molar-refractivity contribution in [1.82, 2.24) is 9.21 Å². The van der Waals surface area contributed by atoms with Crippen molar-refractivity contribution < 1.29 is 13.2 Å². The van der Waals surface area contributed by atoms with E-state index >= 15 is 0 Å². The number of benzene rings is 1. The molecule has 1 atom stereocenters. The fourth-order valence-electron chi connectivity index (χ4n) is 4.13. The van der Waals surface area contributed by atoms with Crippen molar-refractivity contribution >= 4 is 44.3 Å². The van der Waals surface area contributed by atoms with Gasteiger partial charge in [0.2, 0.25) is 15.9 Å². The van der Waals surface area contributed by atoms with E-state index in [1.165, 1.54) is 19.6 Å². The van der Waals surface area contributed by atoms with E-state index in [0.29, 0.717) is 18.8 Å². The zero-order chi connectivity index (χ0) is 22.7. The minimum absolute atomic E-state index is 0.0948. The number of rotatable bonds is 8. The molecule has 3 aromatic rings. The van der Waals surface area contributed by atoms with Crippen LogP contribution < -0.4 is 5.32 Å². The molecule has 1 aliphatic rings. The number of sulfonamides is 1. The Balaban J connectivity index is 1.46. The van der Waals surface area contributed by atoms with Gasteiger partial charge < -0.3 is 5.32 Å². The van der Waals surface area contributed by atoms with Gasteiger partial charge in [-0.1, -0.05) is 19.9 Å².